The van der Waals surface area contributed by atoms with Crippen LogP contribution in [0.15, 0.2) is 30.3 Å². The van der Waals surface area contributed by atoms with Crippen LogP contribution in [0.2, 0.25) is 0 Å². The largest absolute Gasteiger partial charge is 0.326 e. The first-order valence-electron chi connectivity index (χ1n) is 6.77. The molecule has 2 heteroatoms. The van der Waals surface area contributed by atoms with Crippen LogP contribution in [-0.2, 0) is 6.54 Å². The highest BCUT2D eigenvalue weighted by Crippen LogP contribution is 2.03. The molecule has 98 valence electrons. The molecule has 1 aromatic rings. The Morgan fingerprint density at radius 1 is 0.824 bits per heavy atom. The van der Waals surface area contributed by atoms with E-state index < -0.39 is 0 Å². The molecule has 0 amide bonds. The van der Waals surface area contributed by atoms with Crippen molar-refractivity contribution in [2.75, 3.05) is 26.2 Å². The lowest BCUT2D eigenvalue weighted by Gasteiger charge is -2.34. The number of hydrogen-bond acceptors (Lipinski definition) is 1. The van der Waals surface area contributed by atoms with Gasteiger partial charge in [-0.3, -0.25) is 0 Å². The maximum absolute atomic E-state index is 5.35. The molecule has 1 rings (SSSR count). The molecule has 2 nitrogen and oxygen atoms in total. The lowest BCUT2D eigenvalue weighted by Crippen LogP contribution is -2.47. The van der Waals surface area contributed by atoms with Crippen molar-refractivity contribution in [3.8, 4) is 0 Å². The molecule has 0 atom stereocenters. The van der Waals surface area contributed by atoms with Gasteiger partial charge in [0.2, 0.25) is 0 Å². The number of hydrogen-bond donors (Lipinski definition) is 1. The Labute approximate surface area is 107 Å². The Morgan fingerprint density at radius 3 is 1.41 bits per heavy atom. The van der Waals surface area contributed by atoms with Crippen LogP contribution in [-0.4, -0.2) is 30.7 Å². The van der Waals surface area contributed by atoms with Crippen LogP contribution in [0.5, 0.6) is 0 Å². The van der Waals surface area contributed by atoms with Gasteiger partial charge in [-0.1, -0.05) is 30.3 Å². The first kappa shape index (κ1) is 16.1. The molecule has 0 fully saturated rings. The molecule has 0 aliphatic carbocycles. The van der Waals surface area contributed by atoms with Crippen molar-refractivity contribution in [2.45, 2.75) is 34.2 Å². The van der Waals surface area contributed by atoms with Crippen molar-refractivity contribution in [1.29, 1.82) is 0 Å². The van der Waals surface area contributed by atoms with E-state index in [4.69, 9.17) is 5.73 Å². The average molecular weight is 237 g/mol. The summed E-state index contributed by atoms with van der Waals surface area (Å²) in [5.41, 5.74) is 6.54. The fourth-order valence-electron chi connectivity index (χ4n) is 1.96. The second-order valence-corrected chi connectivity index (χ2v) is 4.30. The van der Waals surface area contributed by atoms with E-state index in [0.717, 1.165) is 0 Å². The van der Waals surface area contributed by atoms with Gasteiger partial charge >= 0.3 is 0 Å². The van der Waals surface area contributed by atoms with Gasteiger partial charge in [0, 0.05) is 6.54 Å². The van der Waals surface area contributed by atoms with E-state index in [1.807, 2.05) is 30.3 Å². The van der Waals surface area contributed by atoms with Crippen molar-refractivity contribution < 1.29 is 4.48 Å². The fourth-order valence-corrected chi connectivity index (χ4v) is 1.96. The molecule has 0 spiro atoms. The first-order chi connectivity index (χ1) is 8.17. The van der Waals surface area contributed by atoms with Gasteiger partial charge < -0.3 is 10.2 Å². The SMILES string of the molecule is CC[N+](CC)(CC)CC.NCc1ccccc1. The Balaban J connectivity index is 0.000000302. The third-order valence-electron chi connectivity index (χ3n) is 3.76. The molecule has 2 N–H and O–H groups in total. The molecule has 0 radical (unpaired) electrons. The second-order valence-electron chi connectivity index (χ2n) is 4.30. The van der Waals surface area contributed by atoms with Gasteiger partial charge in [0.1, 0.15) is 0 Å². The number of nitrogens with two attached hydrogens (primary N) is 1. The number of benzene rings is 1. The smallest absolute Gasteiger partial charge is 0.0757 e. The molecule has 0 aliphatic heterocycles. The number of quaternary nitrogens is 1. The Hall–Kier alpha value is -0.860. The maximum atomic E-state index is 5.35. The van der Waals surface area contributed by atoms with Crippen molar-refractivity contribution >= 4 is 0 Å². The molecule has 0 unspecified atom stereocenters. The van der Waals surface area contributed by atoms with Gasteiger partial charge in [-0.15, -0.1) is 0 Å². The Bertz CT molecular complexity index is 248. The predicted octanol–water partition coefficient (Wildman–Crippen LogP) is 3.03. The minimum atomic E-state index is 0.640. The fraction of sp³-hybridized carbons (Fsp3) is 0.600. The van der Waals surface area contributed by atoms with Crippen molar-refractivity contribution in [3.05, 3.63) is 35.9 Å². The number of rotatable bonds is 5. The summed E-state index contributed by atoms with van der Waals surface area (Å²) >= 11 is 0. The molecule has 1 aromatic carbocycles. The highest BCUT2D eigenvalue weighted by molar-refractivity contribution is 5.13. The predicted molar refractivity (Wildman–Crippen MR) is 76.8 cm³/mol. The third kappa shape index (κ3) is 5.85. The van der Waals surface area contributed by atoms with Crippen LogP contribution in [0.3, 0.4) is 0 Å². The van der Waals surface area contributed by atoms with Crippen molar-refractivity contribution in [1.82, 2.24) is 0 Å². The normalized spacial score (nSPS) is 10.6. The standard InChI is InChI=1S/C8H20N.C7H9N/c1-5-9(6-2,7-3)8-4;8-6-7-4-2-1-3-5-7/h5-8H2,1-4H3;1-5H,6,8H2/q+1;. The van der Waals surface area contributed by atoms with E-state index in [2.05, 4.69) is 27.7 Å². The molecular formula is C15H29N2+. The van der Waals surface area contributed by atoms with E-state index >= 15 is 0 Å². The second kappa shape index (κ2) is 9.20. The Kier molecular flexibility index (Phi) is 8.73. The van der Waals surface area contributed by atoms with Crippen molar-refractivity contribution in [3.63, 3.8) is 0 Å². The zero-order valence-corrected chi connectivity index (χ0v) is 11.9. The third-order valence-corrected chi connectivity index (χ3v) is 3.76. The molecule has 17 heavy (non-hydrogen) atoms. The summed E-state index contributed by atoms with van der Waals surface area (Å²) in [4.78, 5) is 0. The van der Waals surface area contributed by atoms with Gasteiger partial charge in [0.05, 0.1) is 26.2 Å². The van der Waals surface area contributed by atoms with Gasteiger partial charge in [-0.25, -0.2) is 0 Å². The molecule has 0 saturated heterocycles. The molecule has 0 bridgehead atoms. The lowest BCUT2D eigenvalue weighted by molar-refractivity contribution is -0.921. The monoisotopic (exact) mass is 237 g/mol. The first-order valence-corrected chi connectivity index (χ1v) is 6.77. The van der Waals surface area contributed by atoms with Crippen LogP contribution in [0.25, 0.3) is 0 Å². The van der Waals surface area contributed by atoms with Gasteiger partial charge in [-0.05, 0) is 33.3 Å². The Morgan fingerprint density at radius 2 is 1.24 bits per heavy atom. The van der Waals surface area contributed by atoms with Gasteiger partial charge in [0.25, 0.3) is 0 Å². The summed E-state index contributed by atoms with van der Waals surface area (Å²) in [6.45, 7) is 14.9. The maximum Gasteiger partial charge on any atom is 0.0757 e. The van der Waals surface area contributed by atoms with Gasteiger partial charge in [0.15, 0.2) is 0 Å². The quantitative estimate of drug-likeness (QED) is 0.783. The topological polar surface area (TPSA) is 26.0 Å². The minimum Gasteiger partial charge on any atom is -0.326 e. The van der Waals surface area contributed by atoms with Crippen LogP contribution in [0.4, 0.5) is 0 Å². The molecule has 0 heterocycles. The van der Waals surface area contributed by atoms with Crippen LogP contribution in [0, 0.1) is 0 Å². The average Bonchev–Trinajstić information content (AvgIpc) is 2.44. The summed E-state index contributed by atoms with van der Waals surface area (Å²) in [5, 5.41) is 0. The van der Waals surface area contributed by atoms with E-state index in [-0.39, 0.29) is 0 Å². The van der Waals surface area contributed by atoms with Crippen LogP contribution in [0.1, 0.15) is 33.3 Å². The molecule has 0 aromatic heterocycles. The lowest BCUT2D eigenvalue weighted by atomic mass is 10.2. The zero-order valence-electron chi connectivity index (χ0n) is 11.9. The van der Waals surface area contributed by atoms with E-state index in [1.54, 1.807) is 0 Å². The summed E-state index contributed by atoms with van der Waals surface area (Å²) in [6.07, 6.45) is 0. The summed E-state index contributed by atoms with van der Waals surface area (Å²) in [7, 11) is 0. The summed E-state index contributed by atoms with van der Waals surface area (Å²) in [5.74, 6) is 0. The van der Waals surface area contributed by atoms with Crippen molar-refractivity contribution in [2.24, 2.45) is 5.73 Å². The van der Waals surface area contributed by atoms with E-state index in [0.29, 0.717) is 6.54 Å². The molecule has 0 saturated carbocycles. The van der Waals surface area contributed by atoms with E-state index in [1.165, 1.54) is 36.2 Å². The highest BCUT2D eigenvalue weighted by Gasteiger charge is 2.16. The zero-order chi connectivity index (χ0) is 13.1. The van der Waals surface area contributed by atoms with E-state index in [9.17, 15) is 0 Å². The molecular weight excluding hydrogens is 208 g/mol. The van der Waals surface area contributed by atoms with Crippen LogP contribution < -0.4 is 5.73 Å². The summed E-state index contributed by atoms with van der Waals surface area (Å²) in [6, 6.07) is 9.99. The summed E-state index contributed by atoms with van der Waals surface area (Å²) < 4.78 is 1.28. The molecule has 0 aliphatic rings. The minimum absolute atomic E-state index is 0.640. The van der Waals surface area contributed by atoms with Crippen LogP contribution >= 0.6 is 0 Å². The van der Waals surface area contributed by atoms with Gasteiger partial charge in [-0.2, -0.15) is 0 Å². The number of nitrogens with zero attached hydrogens (tertiary/aromatic N) is 1. The highest BCUT2D eigenvalue weighted by atomic mass is 15.3.